The third-order valence-electron chi connectivity index (χ3n) is 2.86. The van der Waals surface area contributed by atoms with Gasteiger partial charge in [-0.3, -0.25) is 0 Å². The number of anilines is 1. The number of nitriles is 1. The van der Waals surface area contributed by atoms with E-state index >= 15 is 0 Å². The largest absolute Gasteiger partial charge is 0.389 e. The van der Waals surface area contributed by atoms with Gasteiger partial charge < -0.3 is 10.0 Å². The van der Waals surface area contributed by atoms with E-state index in [4.69, 9.17) is 5.26 Å². The van der Waals surface area contributed by atoms with E-state index in [0.717, 1.165) is 12.2 Å². The highest BCUT2D eigenvalue weighted by molar-refractivity contribution is 5.55. The summed E-state index contributed by atoms with van der Waals surface area (Å²) in [5, 5.41) is 18.5. The summed E-state index contributed by atoms with van der Waals surface area (Å²) in [5.41, 5.74) is 1.37. The lowest BCUT2D eigenvalue weighted by Crippen LogP contribution is -2.29. The van der Waals surface area contributed by atoms with Gasteiger partial charge in [-0.15, -0.1) is 0 Å². The highest BCUT2D eigenvalue weighted by atomic mass is 19.1. The standard InChI is InChI=1S/C15H21FN2O/c1-11(2)10-18(8-4-7-17)15-6-5-13(16)9-14(15)12(3)19/h5-6,9,11-12,19H,4,8,10H2,1-3H3/t12-/m0/s1. The van der Waals surface area contributed by atoms with Crippen molar-refractivity contribution in [2.45, 2.75) is 33.3 Å². The van der Waals surface area contributed by atoms with Gasteiger partial charge in [-0.25, -0.2) is 4.39 Å². The first-order valence-electron chi connectivity index (χ1n) is 6.55. The first-order valence-corrected chi connectivity index (χ1v) is 6.55. The molecule has 0 aliphatic carbocycles. The molecule has 0 heterocycles. The van der Waals surface area contributed by atoms with Gasteiger partial charge in [0.1, 0.15) is 5.82 Å². The second-order valence-corrected chi connectivity index (χ2v) is 5.13. The van der Waals surface area contributed by atoms with E-state index in [1.54, 1.807) is 13.0 Å². The maximum Gasteiger partial charge on any atom is 0.123 e. The van der Waals surface area contributed by atoms with Crippen molar-refractivity contribution in [2.24, 2.45) is 5.92 Å². The zero-order valence-electron chi connectivity index (χ0n) is 11.7. The number of hydrogen-bond acceptors (Lipinski definition) is 3. The van der Waals surface area contributed by atoms with E-state index in [9.17, 15) is 9.50 Å². The number of benzene rings is 1. The summed E-state index contributed by atoms with van der Waals surface area (Å²) < 4.78 is 13.3. The average molecular weight is 264 g/mol. The molecule has 3 nitrogen and oxygen atoms in total. The normalized spacial score (nSPS) is 12.3. The van der Waals surface area contributed by atoms with Gasteiger partial charge in [0.05, 0.1) is 18.6 Å². The molecule has 0 bridgehead atoms. The third kappa shape index (κ3) is 4.53. The van der Waals surface area contributed by atoms with Crippen molar-refractivity contribution in [3.05, 3.63) is 29.6 Å². The lowest BCUT2D eigenvalue weighted by atomic mass is 10.1. The number of hydrogen-bond donors (Lipinski definition) is 1. The van der Waals surface area contributed by atoms with Crippen LogP contribution in [0.2, 0.25) is 0 Å². The molecule has 0 amide bonds. The first kappa shape index (κ1) is 15.5. The minimum absolute atomic E-state index is 0.357. The fourth-order valence-electron chi connectivity index (χ4n) is 2.08. The zero-order valence-corrected chi connectivity index (χ0v) is 11.7. The Bertz CT molecular complexity index is 452. The van der Waals surface area contributed by atoms with E-state index in [1.807, 2.05) is 4.90 Å². The molecule has 1 aromatic rings. The van der Waals surface area contributed by atoms with Crippen molar-refractivity contribution in [1.82, 2.24) is 0 Å². The third-order valence-corrected chi connectivity index (χ3v) is 2.86. The van der Waals surface area contributed by atoms with Gasteiger partial charge >= 0.3 is 0 Å². The maximum absolute atomic E-state index is 13.3. The van der Waals surface area contributed by atoms with Gasteiger partial charge in [0.2, 0.25) is 0 Å². The molecule has 0 spiro atoms. The van der Waals surface area contributed by atoms with Crippen LogP contribution in [0.15, 0.2) is 18.2 Å². The van der Waals surface area contributed by atoms with E-state index in [2.05, 4.69) is 19.9 Å². The van der Waals surface area contributed by atoms with Crippen molar-refractivity contribution in [3.63, 3.8) is 0 Å². The summed E-state index contributed by atoms with van der Waals surface area (Å²) >= 11 is 0. The molecule has 0 aromatic heterocycles. The number of aliphatic hydroxyl groups excluding tert-OH is 1. The summed E-state index contributed by atoms with van der Waals surface area (Å²) in [6, 6.07) is 6.55. The van der Waals surface area contributed by atoms with Crippen LogP contribution in [0.5, 0.6) is 0 Å². The van der Waals surface area contributed by atoms with Gasteiger partial charge in [0.25, 0.3) is 0 Å². The van der Waals surface area contributed by atoms with Crippen LogP contribution in [-0.4, -0.2) is 18.2 Å². The van der Waals surface area contributed by atoms with Gasteiger partial charge in [-0.2, -0.15) is 5.26 Å². The van der Waals surface area contributed by atoms with Crippen LogP contribution < -0.4 is 4.90 Å². The van der Waals surface area contributed by atoms with E-state index in [1.165, 1.54) is 12.1 Å². The average Bonchev–Trinajstić information content (AvgIpc) is 2.34. The maximum atomic E-state index is 13.3. The summed E-state index contributed by atoms with van der Waals surface area (Å²) in [7, 11) is 0. The number of aliphatic hydroxyl groups is 1. The number of halogens is 1. The predicted octanol–water partition coefficient (Wildman–Crippen LogP) is 3.26. The molecule has 0 aliphatic rings. The van der Waals surface area contributed by atoms with Crippen molar-refractivity contribution < 1.29 is 9.50 Å². The lowest BCUT2D eigenvalue weighted by molar-refractivity contribution is 0.199. The van der Waals surface area contributed by atoms with Crippen LogP contribution in [0.25, 0.3) is 0 Å². The second-order valence-electron chi connectivity index (χ2n) is 5.13. The van der Waals surface area contributed by atoms with Crippen LogP contribution in [0.4, 0.5) is 10.1 Å². The SMILES string of the molecule is CC(C)CN(CCC#N)c1ccc(F)cc1[C@H](C)O. The molecule has 0 saturated heterocycles. The van der Waals surface area contributed by atoms with Crippen molar-refractivity contribution in [3.8, 4) is 6.07 Å². The molecule has 1 aromatic carbocycles. The summed E-state index contributed by atoms with van der Waals surface area (Å²) in [6.45, 7) is 7.15. The van der Waals surface area contributed by atoms with E-state index in [0.29, 0.717) is 24.4 Å². The Morgan fingerprint density at radius 1 is 1.37 bits per heavy atom. The van der Waals surface area contributed by atoms with Crippen LogP contribution in [0, 0.1) is 23.1 Å². The highest BCUT2D eigenvalue weighted by Gasteiger charge is 2.16. The fourth-order valence-corrected chi connectivity index (χ4v) is 2.08. The molecule has 0 radical (unpaired) electrons. The molecule has 104 valence electrons. The molecule has 0 saturated carbocycles. The zero-order chi connectivity index (χ0) is 14.4. The minimum Gasteiger partial charge on any atom is -0.389 e. The predicted molar refractivity (Wildman–Crippen MR) is 74.3 cm³/mol. The molecular formula is C15H21FN2O. The Labute approximate surface area is 114 Å². The molecule has 0 unspecified atom stereocenters. The molecule has 1 rings (SSSR count). The summed E-state index contributed by atoms with van der Waals surface area (Å²) in [4.78, 5) is 2.04. The molecule has 1 atom stereocenters. The molecule has 4 heteroatoms. The van der Waals surface area contributed by atoms with E-state index < -0.39 is 6.10 Å². The topological polar surface area (TPSA) is 47.3 Å². The molecule has 1 N–H and O–H groups in total. The first-order chi connectivity index (χ1) is 8.95. The highest BCUT2D eigenvalue weighted by Crippen LogP contribution is 2.28. The molecular weight excluding hydrogens is 243 g/mol. The Hall–Kier alpha value is -1.60. The second kappa shape index (κ2) is 7.10. The lowest BCUT2D eigenvalue weighted by Gasteiger charge is -2.29. The Balaban J connectivity index is 3.10. The summed E-state index contributed by atoms with van der Waals surface area (Å²) in [5.74, 6) is 0.0648. The molecule has 0 fully saturated rings. The number of rotatable bonds is 6. The van der Waals surface area contributed by atoms with Crippen LogP contribution >= 0.6 is 0 Å². The number of nitrogens with zero attached hydrogens (tertiary/aromatic N) is 2. The van der Waals surface area contributed by atoms with Gasteiger partial charge in [-0.1, -0.05) is 13.8 Å². The van der Waals surface area contributed by atoms with Crippen molar-refractivity contribution >= 4 is 5.69 Å². The monoisotopic (exact) mass is 264 g/mol. The molecule has 0 aliphatic heterocycles. The van der Waals surface area contributed by atoms with Crippen molar-refractivity contribution in [2.75, 3.05) is 18.0 Å². The van der Waals surface area contributed by atoms with Crippen molar-refractivity contribution in [1.29, 1.82) is 5.26 Å². The minimum atomic E-state index is -0.734. The van der Waals surface area contributed by atoms with Crippen LogP contribution in [-0.2, 0) is 0 Å². The fraction of sp³-hybridized carbons (Fsp3) is 0.533. The molecule has 19 heavy (non-hydrogen) atoms. The van der Waals surface area contributed by atoms with Gasteiger partial charge in [0.15, 0.2) is 0 Å². The quantitative estimate of drug-likeness (QED) is 0.858. The Morgan fingerprint density at radius 3 is 2.58 bits per heavy atom. The van der Waals surface area contributed by atoms with Crippen LogP contribution in [0.1, 0.15) is 38.9 Å². The Kier molecular flexibility index (Phi) is 5.78. The summed E-state index contributed by atoms with van der Waals surface area (Å²) in [6.07, 6.45) is -0.328. The van der Waals surface area contributed by atoms with Crippen LogP contribution in [0.3, 0.4) is 0 Å². The van der Waals surface area contributed by atoms with E-state index in [-0.39, 0.29) is 5.82 Å². The Morgan fingerprint density at radius 2 is 2.05 bits per heavy atom. The van der Waals surface area contributed by atoms with Gasteiger partial charge in [0, 0.05) is 24.3 Å². The van der Waals surface area contributed by atoms with Gasteiger partial charge in [-0.05, 0) is 31.0 Å². The smallest absolute Gasteiger partial charge is 0.123 e.